The van der Waals surface area contributed by atoms with Gasteiger partial charge in [0, 0.05) is 0 Å². The van der Waals surface area contributed by atoms with Crippen LogP contribution in [-0.4, -0.2) is 18.2 Å². The van der Waals surface area contributed by atoms with E-state index in [1.165, 1.54) is 12.0 Å². The number of halogens is 1. The highest BCUT2D eigenvalue weighted by Gasteiger charge is 2.15. The second-order valence-corrected chi connectivity index (χ2v) is 5.16. The first-order valence-electron chi connectivity index (χ1n) is 5.35. The Hall–Kier alpha value is -0.540. The van der Waals surface area contributed by atoms with Crippen LogP contribution in [0.3, 0.4) is 0 Å². The van der Waals surface area contributed by atoms with E-state index in [0.717, 1.165) is 35.5 Å². The van der Waals surface area contributed by atoms with Crippen LogP contribution in [0, 0.1) is 12.8 Å². The molecule has 2 N–H and O–H groups in total. The van der Waals surface area contributed by atoms with E-state index in [9.17, 15) is 5.11 Å². The summed E-state index contributed by atoms with van der Waals surface area (Å²) < 4.78 is 0.809. The number of benzene rings is 1. The van der Waals surface area contributed by atoms with Gasteiger partial charge in [0.1, 0.15) is 5.75 Å². The Kier molecular flexibility index (Phi) is 3.32. The lowest BCUT2D eigenvalue weighted by atomic mass is 9.97. The van der Waals surface area contributed by atoms with Crippen LogP contribution in [0.1, 0.15) is 17.5 Å². The predicted molar refractivity (Wildman–Crippen MR) is 65.2 cm³/mol. The predicted octanol–water partition coefficient (Wildman–Crippen LogP) is 2.62. The third kappa shape index (κ3) is 2.52. The third-order valence-electron chi connectivity index (χ3n) is 3.00. The van der Waals surface area contributed by atoms with Gasteiger partial charge in [-0.2, -0.15) is 0 Å². The van der Waals surface area contributed by atoms with Gasteiger partial charge in [0.05, 0.1) is 4.47 Å². The lowest BCUT2D eigenvalue weighted by Gasteiger charge is -2.10. The number of phenolic OH excluding ortho intramolecular Hbond substituents is 1. The Balaban J connectivity index is 2.14. The topological polar surface area (TPSA) is 32.3 Å². The highest BCUT2D eigenvalue weighted by molar-refractivity contribution is 9.10. The summed E-state index contributed by atoms with van der Waals surface area (Å²) in [5, 5.41) is 13.0. The summed E-state index contributed by atoms with van der Waals surface area (Å²) in [6.07, 6.45) is 2.37. The molecule has 1 saturated heterocycles. The van der Waals surface area contributed by atoms with Crippen molar-refractivity contribution >= 4 is 15.9 Å². The van der Waals surface area contributed by atoms with Gasteiger partial charge in [-0.3, -0.25) is 0 Å². The monoisotopic (exact) mass is 269 g/mol. The Labute approximate surface area is 98.8 Å². The van der Waals surface area contributed by atoms with Crippen molar-refractivity contribution in [2.45, 2.75) is 19.8 Å². The van der Waals surface area contributed by atoms with Crippen molar-refractivity contribution < 1.29 is 5.11 Å². The number of nitrogens with one attached hydrogen (secondary N) is 1. The Morgan fingerprint density at radius 3 is 2.93 bits per heavy atom. The second kappa shape index (κ2) is 4.54. The molecule has 1 atom stereocenters. The fourth-order valence-electron chi connectivity index (χ4n) is 2.15. The first-order valence-corrected chi connectivity index (χ1v) is 6.15. The second-order valence-electron chi connectivity index (χ2n) is 4.31. The van der Waals surface area contributed by atoms with Gasteiger partial charge < -0.3 is 10.4 Å². The molecule has 1 aliphatic rings. The fraction of sp³-hybridized carbons (Fsp3) is 0.500. The van der Waals surface area contributed by atoms with Gasteiger partial charge in [-0.15, -0.1) is 0 Å². The van der Waals surface area contributed by atoms with Crippen LogP contribution in [0.2, 0.25) is 0 Å². The maximum Gasteiger partial charge on any atom is 0.132 e. The zero-order valence-corrected chi connectivity index (χ0v) is 10.5. The molecule has 0 aromatic heterocycles. The molecule has 1 aromatic rings. The number of phenols is 1. The van der Waals surface area contributed by atoms with Crippen molar-refractivity contribution in [1.29, 1.82) is 0 Å². The van der Waals surface area contributed by atoms with Crippen molar-refractivity contribution in [1.82, 2.24) is 5.32 Å². The Morgan fingerprint density at radius 2 is 2.33 bits per heavy atom. The molecular formula is C12H16BrNO. The zero-order chi connectivity index (χ0) is 10.8. The number of aromatic hydroxyl groups is 1. The molecule has 0 spiro atoms. The standard InChI is InChI=1S/C12H16BrNO/c1-8-4-10(6-11(13)12(8)15)5-9-2-3-14-7-9/h4,6,9,14-15H,2-3,5,7H2,1H3. The minimum Gasteiger partial charge on any atom is -0.506 e. The van der Waals surface area contributed by atoms with Crippen LogP contribution in [0.25, 0.3) is 0 Å². The molecule has 0 saturated carbocycles. The molecule has 1 heterocycles. The molecule has 1 aromatic carbocycles. The van der Waals surface area contributed by atoms with E-state index >= 15 is 0 Å². The van der Waals surface area contributed by atoms with Gasteiger partial charge in [0.25, 0.3) is 0 Å². The normalized spacial score (nSPS) is 20.8. The number of hydrogen-bond donors (Lipinski definition) is 2. The maximum absolute atomic E-state index is 9.63. The maximum atomic E-state index is 9.63. The van der Waals surface area contributed by atoms with Crippen molar-refractivity contribution in [3.8, 4) is 5.75 Å². The number of rotatable bonds is 2. The molecule has 1 fully saturated rings. The lowest BCUT2D eigenvalue weighted by molar-refractivity contribution is 0.467. The van der Waals surface area contributed by atoms with Crippen LogP contribution < -0.4 is 5.32 Å². The molecule has 2 nitrogen and oxygen atoms in total. The molecule has 2 rings (SSSR count). The van der Waals surface area contributed by atoms with E-state index in [-0.39, 0.29) is 0 Å². The van der Waals surface area contributed by atoms with Gasteiger partial charge in [0.15, 0.2) is 0 Å². The highest BCUT2D eigenvalue weighted by atomic mass is 79.9. The van der Waals surface area contributed by atoms with Gasteiger partial charge >= 0.3 is 0 Å². The lowest BCUT2D eigenvalue weighted by Crippen LogP contribution is -2.10. The summed E-state index contributed by atoms with van der Waals surface area (Å²) in [4.78, 5) is 0. The first kappa shape index (κ1) is 11.0. The molecule has 82 valence electrons. The first-order chi connectivity index (χ1) is 7.16. The number of aryl methyl sites for hydroxylation is 1. The zero-order valence-electron chi connectivity index (χ0n) is 8.89. The van der Waals surface area contributed by atoms with Crippen LogP contribution >= 0.6 is 15.9 Å². The molecule has 3 heteroatoms. The summed E-state index contributed by atoms with van der Waals surface area (Å²) in [5.74, 6) is 1.11. The SMILES string of the molecule is Cc1cc(CC2CCNC2)cc(Br)c1O. The molecule has 0 bridgehead atoms. The fourth-order valence-corrected chi connectivity index (χ4v) is 2.75. The summed E-state index contributed by atoms with van der Waals surface area (Å²) in [6, 6.07) is 4.11. The van der Waals surface area contributed by atoms with E-state index in [2.05, 4.69) is 27.3 Å². The Morgan fingerprint density at radius 1 is 1.53 bits per heavy atom. The summed E-state index contributed by atoms with van der Waals surface area (Å²) in [6.45, 7) is 4.21. The molecule has 1 aliphatic heterocycles. The van der Waals surface area contributed by atoms with Crippen LogP contribution in [0.5, 0.6) is 5.75 Å². The van der Waals surface area contributed by atoms with Crippen LogP contribution in [0.4, 0.5) is 0 Å². The molecule has 0 aliphatic carbocycles. The Bertz CT molecular complexity index is 336. The molecule has 0 radical (unpaired) electrons. The average molecular weight is 270 g/mol. The molecule has 1 unspecified atom stereocenters. The molecule has 15 heavy (non-hydrogen) atoms. The van der Waals surface area contributed by atoms with E-state index in [1.807, 2.05) is 13.0 Å². The smallest absolute Gasteiger partial charge is 0.132 e. The third-order valence-corrected chi connectivity index (χ3v) is 3.61. The van der Waals surface area contributed by atoms with Gasteiger partial charge in [-0.1, -0.05) is 6.07 Å². The van der Waals surface area contributed by atoms with Crippen LogP contribution in [-0.2, 0) is 6.42 Å². The summed E-state index contributed by atoms with van der Waals surface area (Å²) >= 11 is 3.38. The quantitative estimate of drug-likeness (QED) is 0.865. The van der Waals surface area contributed by atoms with E-state index < -0.39 is 0 Å². The van der Waals surface area contributed by atoms with Gasteiger partial charge in [0.2, 0.25) is 0 Å². The number of hydrogen-bond acceptors (Lipinski definition) is 2. The van der Waals surface area contributed by atoms with Crippen molar-refractivity contribution in [3.63, 3.8) is 0 Å². The van der Waals surface area contributed by atoms with Crippen molar-refractivity contribution in [3.05, 3.63) is 27.7 Å². The largest absolute Gasteiger partial charge is 0.506 e. The van der Waals surface area contributed by atoms with Crippen molar-refractivity contribution in [2.24, 2.45) is 5.92 Å². The van der Waals surface area contributed by atoms with Crippen LogP contribution in [0.15, 0.2) is 16.6 Å². The van der Waals surface area contributed by atoms with Gasteiger partial charge in [-0.25, -0.2) is 0 Å². The summed E-state index contributed by atoms with van der Waals surface area (Å²) in [5.41, 5.74) is 2.26. The molecule has 0 amide bonds. The highest BCUT2D eigenvalue weighted by Crippen LogP contribution is 2.30. The van der Waals surface area contributed by atoms with E-state index in [1.54, 1.807) is 0 Å². The average Bonchev–Trinajstić information content (AvgIpc) is 2.66. The van der Waals surface area contributed by atoms with E-state index in [4.69, 9.17) is 0 Å². The minimum absolute atomic E-state index is 0.364. The van der Waals surface area contributed by atoms with E-state index in [0.29, 0.717) is 5.75 Å². The summed E-state index contributed by atoms with van der Waals surface area (Å²) in [7, 11) is 0. The molecular weight excluding hydrogens is 254 g/mol. The van der Waals surface area contributed by atoms with Gasteiger partial charge in [-0.05, 0) is 71.9 Å². The van der Waals surface area contributed by atoms with Crippen molar-refractivity contribution in [2.75, 3.05) is 13.1 Å². The minimum atomic E-state index is 0.364.